The van der Waals surface area contributed by atoms with Crippen molar-refractivity contribution >= 4 is 16.0 Å². The van der Waals surface area contributed by atoms with E-state index in [0.29, 0.717) is 6.42 Å². The molecule has 18 heavy (non-hydrogen) atoms. The molecule has 0 heterocycles. The van der Waals surface area contributed by atoms with Gasteiger partial charge in [-0.05, 0) is 25.2 Å². The zero-order chi connectivity index (χ0) is 14.3. The highest BCUT2D eigenvalue weighted by atomic mass is 32.2. The van der Waals surface area contributed by atoms with Gasteiger partial charge in [-0.15, -0.1) is 0 Å². The molecule has 0 radical (unpaired) electrons. The first-order valence-electron chi connectivity index (χ1n) is 5.79. The van der Waals surface area contributed by atoms with Crippen molar-refractivity contribution in [3.8, 4) is 6.07 Å². The van der Waals surface area contributed by atoms with Crippen LogP contribution in [-0.4, -0.2) is 31.3 Å². The fourth-order valence-electron chi connectivity index (χ4n) is 1.58. The van der Waals surface area contributed by atoms with E-state index in [1.807, 2.05) is 13.8 Å². The number of hydrogen-bond donors (Lipinski definition) is 2. The van der Waals surface area contributed by atoms with Crippen LogP contribution >= 0.6 is 0 Å². The average Bonchev–Trinajstić information content (AvgIpc) is 2.23. The first kappa shape index (κ1) is 16.9. The van der Waals surface area contributed by atoms with E-state index in [2.05, 4.69) is 4.72 Å². The van der Waals surface area contributed by atoms with Gasteiger partial charge in [0, 0.05) is 13.0 Å². The van der Waals surface area contributed by atoms with Crippen LogP contribution in [0.4, 0.5) is 0 Å². The number of carboxylic acids is 1. The number of nitrogens with zero attached hydrogens (tertiary/aromatic N) is 1. The maximum Gasteiger partial charge on any atom is 0.303 e. The first-order valence-corrected chi connectivity index (χ1v) is 7.33. The summed E-state index contributed by atoms with van der Waals surface area (Å²) in [4.78, 5) is 10.7. The predicted molar refractivity (Wildman–Crippen MR) is 67.2 cm³/mol. The zero-order valence-electron chi connectivity index (χ0n) is 10.9. The lowest BCUT2D eigenvalue weighted by Gasteiger charge is -2.18. The SMILES string of the molecule is CC(C)C[C@H](CNS(=O)(=O)C(C)C#N)CC(=O)O. The molecule has 2 N–H and O–H groups in total. The van der Waals surface area contributed by atoms with Crippen LogP contribution < -0.4 is 4.72 Å². The minimum atomic E-state index is -3.68. The number of aliphatic carboxylic acids is 1. The van der Waals surface area contributed by atoms with Gasteiger partial charge in [0.2, 0.25) is 10.0 Å². The molecule has 0 aliphatic rings. The van der Waals surface area contributed by atoms with Crippen molar-refractivity contribution in [1.82, 2.24) is 4.72 Å². The maximum atomic E-state index is 11.6. The normalized spacial score (nSPS) is 15.1. The van der Waals surface area contributed by atoms with Crippen molar-refractivity contribution < 1.29 is 18.3 Å². The number of sulfonamides is 1. The molecular formula is C11H20N2O4S. The fraction of sp³-hybridized carbons (Fsp3) is 0.818. The molecule has 6 nitrogen and oxygen atoms in total. The highest BCUT2D eigenvalue weighted by Gasteiger charge is 2.22. The van der Waals surface area contributed by atoms with Crippen molar-refractivity contribution in [2.24, 2.45) is 11.8 Å². The van der Waals surface area contributed by atoms with Crippen molar-refractivity contribution in [1.29, 1.82) is 5.26 Å². The molecule has 0 amide bonds. The van der Waals surface area contributed by atoms with Crippen LogP contribution in [-0.2, 0) is 14.8 Å². The molecule has 0 aliphatic heterocycles. The number of rotatable bonds is 8. The first-order chi connectivity index (χ1) is 8.19. The summed E-state index contributed by atoms with van der Waals surface area (Å²) in [6, 6.07) is 1.64. The number of carbonyl (C=O) groups is 1. The number of hydrogen-bond acceptors (Lipinski definition) is 4. The molecule has 0 saturated carbocycles. The second kappa shape index (κ2) is 7.34. The van der Waals surface area contributed by atoms with Gasteiger partial charge in [0.25, 0.3) is 0 Å². The number of nitriles is 1. The van der Waals surface area contributed by atoms with E-state index in [9.17, 15) is 13.2 Å². The summed E-state index contributed by atoms with van der Waals surface area (Å²) in [6.45, 7) is 5.23. The van der Waals surface area contributed by atoms with Gasteiger partial charge in [-0.25, -0.2) is 13.1 Å². The van der Waals surface area contributed by atoms with Gasteiger partial charge in [0.1, 0.15) is 0 Å². The molecule has 0 aromatic carbocycles. The molecule has 0 aromatic rings. The Morgan fingerprint density at radius 2 is 1.94 bits per heavy atom. The quantitative estimate of drug-likeness (QED) is 0.686. The molecule has 0 bridgehead atoms. The molecule has 0 rings (SSSR count). The van der Waals surface area contributed by atoms with Crippen LogP contribution in [0.2, 0.25) is 0 Å². The molecule has 0 fully saturated rings. The van der Waals surface area contributed by atoms with E-state index in [-0.39, 0.29) is 24.8 Å². The molecule has 0 aliphatic carbocycles. The van der Waals surface area contributed by atoms with E-state index in [1.165, 1.54) is 6.92 Å². The second-order valence-corrected chi connectivity index (χ2v) is 6.84. The third kappa shape index (κ3) is 6.57. The smallest absolute Gasteiger partial charge is 0.303 e. The molecule has 0 spiro atoms. The van der Waals surface area contributed by atoms with E-state index < -0.39 is 21.2 Å². The molecule has 2 atom stereocenters. The van der Waals surface area contributed by atoms with Crippen LogP contribution in [0.1, 0.15) is 33.6 Å². The van der Waals surface area contributed by atoms with Crippen LogP contribution in [0, 0.1) is 23.2 Å². The highest BCUT2D eigenvalue weighted by Crippen LogP contribution is 2.15. The van der Waals surface area contributed by atoms with Gasteiger partial charge in [-0.2, -0.15) is 5.26 Å². The minimum Gasteiger partial charge on any atom is -0.481 e. The van der Waals surface area contributed by atoms with Crippen LogP contribution in [0.5, 0.6) is 0 Å². The number of nitrogens with one attached hydrogen (secondary N) is 1. The van der Waals surface area contributed by atoms with Crippen molar-refractivity contribution in [3.05, 3.63) is 0 Å². The van der Waals surface area contributed by atoms with E-state index in [4.69, 9.17) is 10.4 Å². The Hall–Kier alpha value is -1.13. The monoisotopic (exact) mass is 276 g/mol. The molecule has 0 saturated heterocycles. The van der Waals surface area contributed by atoms with Gasteiger partial charge < -0.3 is 5.11 Å². The predicted octanol–water partition coefficient (Wildman–Crippen LogP) is 0.955. The lowest BCUT2D eigenvalue weighted by Crippen LogP contribution is -2.36. The van der Waals surface area contributed by atoms with Gasteiger partial charge in [0.15, 0.2) is 5.25 Å². The number of carboxylic acid groups (broad SMARTS) is 1. The van der Waals surface area contributed by atoms with Gasteiger partial charge >= 0.3 is 5.97 Å². The average molecular weight is 276 g/mol. The van der Waals surface area contributed by atoms with Crippen LogP contribution in [0.25, 0.3) is 0 Å². The lowest BCUT2D eigenvalue weighted by molar-refractivity contribution is -0.138. The van der Waals surface area contributed by atoms with Crippen LogP contribution in [0.15, 0.2) is 0 Å². The fourth-order valence-corrected chi connectivity index (χ4v) is 2.44. The summed E-state index contributed by atoms with van der Waals surface area (Å²) >= 11 is 0. The molecule has 1 unspecified atom stereocenters. The Morgan fingerprint density at radius 3 is 2.33 bits per heavy atom. The summed E-state index contributed by atoms with van der Waals surface area (Å²) in [5.74, 6) is -0.927. The van der Waals surface area contributed by atoms with Crippen molar-refractivity contribution in [3.63, 3.8) is 0 Å². The molecule has 104 valence electrons. The van der Waals surface area contributed by atoms with Crippen LogP contribution in [0.3, 0.4) is 0 Å². The topological polar surface area (TPSA) is 107 Å². The Kier molecular flexibility index (Phi) is 6.88. The second-order valence-electron chi connectivity index (χ2n) is 4.76. The minimum absolute atomic E-state index is 0.0544. The zero-order valence-corrected chi connectivity index (χ0v) is 11.7. The summed E-state index contributed by atoms with van der Waals surface area (Å²) in [6.07, 6.45) is 0.539. The van der Waals surface area contributed by atoms with Gasteiger partial charge in [0.05, 0.1) is 6.07 Å². The van der Waals surface area contributed by atoms with E-state index in [0.717, 1.165) is 0 Å². The van der Waals surface area contributed by atoms with Crippen molar-refractivity contribution in [2.45, 2.75) is 38.9 Å². The van der Waals surface area contributed by atoms with Crippen molar-refractivity contribution in [2.75, 3.05) is 6.54 Å². The van der Waals surface area contributed by atoms with Gasteiger partial charge in [-0.1, -0.05) is 13.8 Å². The van der Waals surface area contributed by atoms with E-state index in [1.54, 1.807) is 6.07 Å². The Balaban J connectivity index is 4.52. The van der Waals surface area contributed by atoms with Gasteiger partial charge in [-0.3, -0.25) is 4.79 Å². The summed E-state index contributed by atoms with van der Waals surface area (Å²) < 4.78 is 25.4. The summed E-state index contributed by atoms with van der Waals surface area (Å²) in [5, 5.41) is 16.2. The summed E-state index contributed by atoms with van der Waals surface area (Å²) in [5.41, 5.74) is 0. The highest BCUT2D eigenvalue weighted by molar-refractivity contribution is 7.90. The molecule has 7 heteroatoms. The largest absolute Gasteiger partial charge is 0.481 e. The lowest BCUT2D eigenvalue weighted by atomic mass is 9.94. The molecule has 0 aromatic heterocycles. The molecular weight excluding hydrogens is 256 g/mol. The maximum absolute atomic E-state index is 11.6. The summed E-state index contributed by atoms with van der Waals surface area (Å²) in [7, 11) is -3.68. The Labute approximate surface area is 108 Å². The Morgan fingerprint density at radius 1 is 1.39 bits per heavy atom. The standard InChI is InChI=1S/C11H20N2O4S/c1-8(2)4-10(5-11(14)15)7-13-18(16,17)9(3)6-12/h8-10,13H,4-5,7H2,1-3H3,(H,14,15)/t9?,10-/m0/s1. The van der Waals surface area contributed by atoms with E-state index >= 15 is 0 Å². The third-order valence-corrected chi connectivity index (χ3v) is 4.09. The third-order valence-electron chi connectivity index (χ3n) is 2.49. The Bertz CT molecular complexity index is 411.